The Labute approximate surface area is 165 Å². The Balaban J connectivity index is 1.81. The van der Waals surface area contributed by atoms with Crippen molar-refractivity contribution in [2.75, 3.05) is 5.32 Å². The maximum absolute atomic E-state index is 12.6. The molecule has 5 nitrogen and oxygen atoms in total. The first kappa shape index (κ1) is 19.4. The molecule has 0 saturated heterocycles. The minimum atomic E-state index is -0.187. The first-order chi connectivity index (χ1) is 13.3. The Hall–Kier alpha value is -3.39. The van der Waals surface area contributed by atoms with Crippen molar-refractivity contribution in [1.29, 1.82) is 5.26 Å². The molecule has 0 aliphatic carbocycles. The van der Waals surface area contributed by atoms with Gasteiger partial charge >= 0.3 is 0 Å². The van der Waals surface area contributed by atoms with Crippen LogP contribution in [0.25, 0.3) is 5.69 Å². The van der Waals surface area contributed by atoms with E-state index in [9.17, 15) is 4.79 Å². The summed E-state index contributed by atoms with van der Waals surface area (Å²) in [7, 11) is 0. The standard InChI is InChI=1S/C23H24N4O/c1-5-19-14-21(26-27(19)20-12-6-16(15-24)7-13-20)25-22(28)17-8-10-18(11-9-17)23(2,3)4/h6-14H,5H2,1-4H3,(H,25,26,28). The number of rotatable bonds is 4. The molecule has 0 saturated carbocycles. The molecule has 1 aromatic heterocycles. The molecular formula is C23H24N4O. The van der Waals surface area contributed by atoms with E-state index in [1.54, 1.807) is 16.8 Å². The second kappa shape index (κ2) is 7.69. The van der Waals surface area contributed by atoms with Crippen LogP contribution in [0.4, 0.5) is 5.82 Å². The third-order valence-electron chi connectivity index (χ3n) is 4.64. The molecule has 0 bridgehead atoms. The number of anilines is 1. The molecule has 1 amide bonds. The molecule has 3 aromatic rings. The summed E-state index contributed by atoms with van der Waals surface area (Å²) in [6.45, 7) is 8.46. The van der Waals surface area contributed by atoms with Gasteiger partial charge in [0.15, 0.2) is 5.82 Å². The molecule has 0 aliphatic heterocycles. The molecule has 0 fully saturated rings. The van der Waals surface area contributed by atoms with E-state index in [2.05, 4.69) is 37.3 Å². The topological polar surface area (TPSA) is 70.7 Å². The normalized spacial score (nSPS) is 11.1. The van der Waals surface area contributed by atoms with Crippen LogP contribution < -0.4 is 5.32 Å². The van der Waals surface area contributed by atoms with Gasteiger partial charge < -0.3 is 5.32 Å². The monoisotopic (exact) mass is 372 g/mol. The van der Waals surface area contributed by atoms with Crippen molar-refractivity contribution in [2.24, 2.45) is 0 Å². The third kappa shape index (κ3) is 4.12. The number of aromatic nitrogens is 2. The van der Waals surface area contributed by atoms with Crippen LogP contribution >= 0.6 is 0 Å². The molecule has 0 radical (unpaired) electrons. The van der Waals surface area contributed by atoms with E-state index in [1.165, 1.54) is 5.56 Å². The number of hydrogen-bond acceptors (Lipinski definition) is 3. The lowest BCUT2D eigenvalue weighted by atomic mass is 9.87. The van der Waals surface area contributed by atoms with Crippen LogP contribution in [0, 0.1) is 11.3 Å². The lowest BCUT2D eigenvalue weighted by Crippen LogP contribution is -2.14. The molecule has 28 heavy (non-hydrogen) atoms. The summed E-state index contributed by atoms with van der Waals surface area (Å²) < 4.78 is 1.79. The van der Waals surface area contributed by atoms with Gasteiger partial charge in [-0.3, -0.25) is 4.79 Å². The van der Waals surface area contributed by atoms with Crippen molar-refractivity contribution in [3.8, 4) is 11.8 Å². The van der Waals surface area contributed by atoms with Crippen molar-refractivity contribution in [1.82, 2.24) is 9.78 Å². The highest BCUT2D eigenvalue weighted by Crippen LogP contribution is 2.23. The van der Waals surface area contributed by atoms with Gasteiger partial charge in [-0.25, -0.2) is 4.68 Å². The molecule has 142 valence electrons. The number of nitrogens with zero attached hydrogens (tertiary/aromatic N) is 3. The Morgan fingerprint density at radius 2 is 1.75 bits per heavy atom. The van der Waals surface area contributed by atoms with Gasteiger partial charge in [0.25, 0.3) is 5.91 Å². The maximum atomic E-state index is 12.6. The number of amides is 1. The Morgan fingerprint density at radius 1 is 1.11 bits per heavy atom. The van der Waals surface area contributed by atoms with Gasteiger partial charge in [0.1, 0.15) is 0 Å². The number of carbonyl (C=O) groups excluding carboxylic acids is 1. The number of hydrogen-bond donors (Lipinski definition) is 1. The van der Waals surface area contributed by atoms with E-state index in [0.29, 0.717) is 16.9 Å². The van der Waals surface area contributed by atoms with E-state index in [1.807, 2.05) is 49.4 Å². The van der Waals surface area contributed by atoms with Gasteiger partial charge in [-0.1, -0.05) is 39.8 Å². The van der Waals surface area contributed by atoms with E-state index >= 15 is 0 Å². The minimum absolute atomic E-state index is 0.0465. The molecule has 0 atom stereocenters. The fourth-order valence-corrected chi connectivity index (χ4v) is 2.94. The molecule has 0 spiro atoms. The van der Waals surface area contributed by atoms with Crippen LogP contribution in [0.1, 0.15) is 54.9 Å². The Kier molecular flexibility index (Phi) is 5.32. The lowest BCUT2D eigenvalue weighted by molar-refractivity contribution is 0.102. The second-order valence-electron chi connectivity index (χ2n) is 7.73. The van der Waals surface area contributed by atoms with Gasteiger partial charge in [0, 0.05) is 17.3 Å². The highest BCUT2D eigenvalue weighted by Gasteiger charge is 2.16. The molecule has 1 heterocycles. The summed E-state index contributed by atoms with van der Waals surface area (Å²) in [6, 6.07) is 18.9. The zero-order chi connectivity index (χ0) is 20.3. The van der Waals surface area contributed by atoms with Crippen LogP contribution in [-0.4, -0.2) is 15.7 Å². The first-order valence-corrected chi connectivity index (χ1v) is 9.33. The molecule has 1 N–H and O–H groups in total. The Bertz CT molecular complexity index is 1020. The third-order valence-corrected chi connectivity index (χ3v) is 4.64. The van der Waals surface area contributed by atoms with Crippen molar-refractivity contribution in [3.63, 3.8) is 0 Å². The van der Waals surface area contributed by atoms with Gasteiger partial charge in [-0.2, -0.15) is 5.26 Å². The van der Waals surface area contributed by atoms with Gasteiger partial charge in [0.2, 0.25) is 0 Å². The second-order valence-corrected chi connectivity index (χ2v) is 7.73. The van der Waals surface area contributed by atoms with Gasteiger partial charge in [0.05, 0.1) is 17.3 Å². The fourth-order valence-electron chi connectivity index (χ4n) is 2.94. The maximum Gasteiger partial charge on any atom is 0.256 e. The van der Waals surface area contributed by atoms with Gasteiger partial charge in [-0.15, -0.1) is 5.10 Å². The SMILES string of the molecule is CCc1cc(NC(=O)c2ccc(C(C)(C)C)cc2)nn1-c1ccc(C#N)cc1. The highest BCUT2D eigenvalue weighted by molar-refractivity contribution is 6.03. The summed E-state index contributed by atoms with van der Waals surface area (Å²) in [6.07, 6.45) is 0.767. The van der Waals surface area contributed by atoms with Crippen molar-refractivity contribution in [2.45, 2.75) is 39.5 Å². The minimum Gasteiger partial charge on any atom is -0.305 e. The van der Waals surface area contributed by atoms with E-state index in [4.69, 9.17) is 5.26 Å². The van der Waals surface area contributed by atoms with Crippen molar-refractivity contribution >= 4 is 11.7 Å². The van der Waals surface area contributed by atoms with Crippen LogP contribution in [0.15, 0.2) is 54.6 Å². The smallest absolute Gasteiger partial charge is 0.256 e. The summed E-state index contributed by atoms with van der Waals surface area (Å²) in [5.41, 5.74) is 4.25. The summed E-state index contributed by atoms with van der Waals surface area (Å²) in [5, 5.41) is 16.4. The predicted molar refractivity (Wildman–Crippen MR) is 111 cm³/mol. The number of nitrogens with one attached hydrogen (secondary N) is 1. The largest absolute Gasteiger partial charge is 0.305 e. The number of carbonyl (C=O) groups is 1. The van der Waals surface area contributed by atoms with E-state index in [0.717, 1.165) is 17.8 Å². The molecule has 0 unspecified atom stereocenters. The molecule has 5 heteroatoms. The fraction of sp³-hybridized carbons (Fsp3) is 0.261. The molecular weight excluding hydrogens is 348 g/mol. The summed E-state index contributed by atoms with van der Waals surface area (Å²) in [5.74, 6) is 0.318. The Morgan fingerprint density at radius 3 is 2.29 bits per heavy atom. The van der Waals surface area contributed by atoms with Crippen LogP contribution in [0.5, 0.6) is 0 Å². The van der Waals surface area contributed by atoms with E-state index < -0.39 is 0 Å². The van der Waals surface area contributed by atoms with Gasteiger partial charge in [-0.05, 0) is 53.8 Å². The van der Waals surface area contributed by atoms with Crippen molar-refractivity contribution < 1.29 is 4.79 Å². The summed E-state index contributed by atoms with van der Waals surface area (Å²) >= 11 is 0. The zero-order valence-electron chi connectivity index (χ0n) is 16.7. The quantitative estimate of drug-likeness (QED) is 0.711. The number of nitriles is 1. The predicted octanol–water partition coefficient (Wildman–Crippen LogP) is 4.86. The molecule has 2 aromatic carbocycles. The number of benzene rings is 2. The van der Waals surface area contributed by atoms with Crippen molar-refractivity contribution in [3.05, 3.63) is 77.0 Å². The number of aryl methyl sites for hydroxylation is 1. The van der Waals surface area contributed by atoms with Crippen LogP contribution in [0.3, 0.4) is 0 Å². The average Bonchev–Trinajstić information content (AvgIpc) is 3.10. The zero-order valence-corrected chi connectivity index (χ0v) is 16.7. The summed E-state index contributed by atoms with van der Waals surface area (Å²) in [4.78, 5) is 12.6. The molecule has 3 rings (SSSR count). The molecule has 0 aliphatic rings. The lowest BCUT2D eigenvalue weighted by Gasteiger charge is -2.18. The van der Waals surface area contributed by atoms with Crippen LogP contribution in [0.2, 0.25) is 0 Å². The van der Waals surface area contributed by atoms with E-state index in [-0.39, 0.29) is 11.3 Å². The average molecular weight is 372 g/mol. The first-order valence-electron chi connectivity index (χ1n) is 9.33. The highest BCUT2D eigenvalue weighted by atomic mass is 16.1. The van der Waals surface area contributed by atoms with Crippen LogP contribution in [-0.2, 0) is 11.8 Å².